The van der Waals surface area contributed by atoms with Crippen molar-refractivity contribution < 1.29 is 0 Å². The Balaban J connectivity index is 2.42. The molecule has 2 atom stereocenters. The molecule has 0 saturated carbocycles. The van der Waals surface area contributed by atoms with Crippen molar-refractivity contribution in [3.63, 3.8) is 0 Å². The highest BCUT2D eigenvalue weighted by atomic mass is 15.3. The fraction of sp³-hybridized carbons (Fsp3) is 0.812. The molecule has 0 aromatic carbocycles. The van der Waals surface area contributed by atoms with Crippen molar-refractivity contribution in [3.8, 4) is 0 Å². The van der Waals surface area contributed by atoms with E-state index in [0.717, 1.165) is 13.0 Å². The Labute approximate surface area is 123 Å². The number of aryl methyl sites for hydroxylation is 2. The van der Waals surface area contributed by atoms with E-state index in [9.17, 15) is 0 Å². The molecule has 1 saturated heterocycles. The van der Waals surface area contributed by atoms with Gasteiger partial charge in [-0.15, -0.1) is 0 Å². The average molecular weight is 278 g/mol. The molecule has 0 bridgehead atoms. The lowest BCUT2D eigenvalue weighted by molar-refractivity contribution is 0.121. The minimum Gasteiger partial charge on any atom is -0.330 e. The van der Waals surface area contributed by atoms with Gasteiger partial charge in [0.05, 0.1) is 5.69 Å². The van der Waals surface area contributed by atoms with Gasteiger partial charge in [0.25, 0.3) is 0 Å². The lowest BCUT2D eigenvalue weighted by atomic mass is 9.88. The molecule has 114 valence electrons. The van der Waals surface area contributed by atoms with Crippen LogP contribution in [-0.4, -0.2) is 33.8 Å². The third-order valence-corrected chi connectivity index (χ3v) is 4.60. The highest BCUT2D eigenvalue weighted by Gasteiger charge is 2.33. The highest BCUT2D eigenvalue weighted by molar-refractivity contribution is 5.23. The van der Waals surface area contributed by atoms with E-state index in [1.807, 2.05) is 11.7 Å². The molecular weight excluding hydrogens is 248 g/mol. The van der Waals surface area contributed by atoms with Crippen LogP contribution in [0.25, 0.3) is 0 Å². The number of aromatic nitrogens is 2. The van der Waals surface area contributed by atoms with Gasteiger partial charge in [-0.3, -0.25) is 9.58 Å². The molecule has 1 aliphatic rings. The molecule has 2 heterocycles. The number of nitrogens with two attached hydrogens (primary N) is 1. The number of hydrogen-bond donors (Lipinski definition) is 1. The van der Waals surface area contributed by atoms with Crippen molar-refractivity contribution in [2.75, 3.05) is 13.1 Å². The van der Waals surface area contributed by atoms with E-state index in [2.05, 4.69) is 37.0 Å². The summed E-state index contributed by atoms with van der Waals surface area (Å²) in [5.41, 5.74) is 8.75. The van der Waals surface area contributed by atoms with Gasteiger partial charge < -0.3 is 5.73 Å². The summed E-state index contributed by atoms with van der Waals surface area (Å²) >= 11 is 0. The second-order valence-electron chi connectivity index (χ2n) is 6.33. The Morgan fingerprint density at radius 1 is 1.40 bits per heavy atom. The third kappa shape index (κ3) is 3.07. The lowest BCUT2D eigenvalue weighted by Gasteiger charge is -2.37. The summed E-state index contributed by atoms with van der Waals surface area (Å²) in [7, 11) is 2.02. The van der Waals surface area contributed by atoms with E-state index in [1.165, 1.54) is 37.1 Å². The van der Waals surface area contributed by atoms with Crippen LogP contribution >= 0.6 is 0 Å². The average Bonchev–Trinajstić information content (AvgIpc) is 2.67. The number of nitrogens with zero attached hydrogens (tertiary/aromatic N) is 3. The smallest absolute Gasteiger partial charge is 0.0669 e. The van der Waals surface area contributed by atoms with Crippen molar-refractivity contribution in [2.45, 2.75) is 58.5 Å². The molecular formula is C16H30N4. The van der Waals surface area contributed by atoms with E-state index >= 15 is 0 Å². The molecule has 1 aromatic rings. The zero-order chi connectivity index (χ0) is 14.7. The maximum Gasteiger partial charge on any atom is 0.0669 e. The first-order valence-corrected chi connectivity index (χ1v) is 8.06. The molecule has 1 aliphatic heterocycles. The molecule has 2 rings (SSSR count). The van der Waals surface area contributed by atoms with E-state index in [4.69, 9.17) is 5.73 Å². The van der Waals surface area contributed by atoms with Gasteiger partial charge in [-0.1, -0.05) is 13.3 Å². The second-order valence-corrected chi connectivity index (χ2v) is 6.33. The van der Waals surface area contributed by atoms with Gasteiger partial charge in [0, 0.05) is 30.9 Å². The van der Waals surface area contributed by atoms with Gasteiger partial charge in [0.2, 0.25) is 0 Å². The van der Waals surface area contributed by atoms with E-state index in [0.29, 0.717) is 18.0 Å². The number of hydrogen-bond acceptors (Lipinski definition) is 3. The summed E-state index contributed by atoms with van der Waals surface area (Å²) in [5, 5.41) is 4.65. The zero-order valence-electron chi connectivity index (χ0n) is 13.5. The second kappa shape index (κ2) is 6.72. The quantitative estimate of drug-likeness (QED) is 0.920. The molecule has 1 aromatic heterocycles. The minimum atomic E-state index is 0.436. The van der Waals surface area contributed by atoms with Gasteiger partial charge in [-0.25, -0.2) is 0 Å². The summed E-state index contributed by atoms with van der Waals surface area (Å²) in [6, 6.07) is 0.989. The fourth-order valence-corrected chi connectivity index (χ4v) is 3.60. The molecule has 4 nitrogen and oxygen atoms in total. The van der Waals surface area contributed by atoms with Gasteiger partial charge in [-0.05, 0) is 52.1 Å². The van der Waals surface area contributed by atoms with Crippen LogP contribution in [0.4, 0.5) is 0 Å². The molecule has 0 spiro atoms. The first-order chi connectivity index (χ1) is 9.58. The molecule has 20 heavy (non-hydrogen) atoms. The monoisotopic (exact) mass is 278 g/mol. The molecule has 4 heteroatoms. The van der Waals surface area contributed by atoms with Gasteiger partial charge in [0.1, 0.15) is 0 Å². The number of rotatable bonds is 4. The van der Waals surface area contributed by atoms with Crippen LogP contribution in [0, 0.1) is 5.92 Å². The van der Waals surface area contributed by atoms with Crippen LogP contribution in [0.5, 0.6) is 0 Å². The van der Waals surface area contributed by atoms with Crippen LogP contribution in [0.2, 0.25) is 0 Å². The number of likely N-dealkylation sites (tertiary alicyclic amines) is 1. The van der Waals surface area contributed by atoms with Crippen LogP contribution in [0.1, 0.15) is 57.3 Å². The predicted molar refractivity (Wildman–Crippen MR) is 83.6 cm³/mol. The van der Waals surface area contributed by atoms with Gasteiger partial charge in [-0.2, -0.15) is 5.10 Å². The summed E-state index contributed by atoms with van der Waals surface area (Å²) < 4.78 is 1.96. The van der Waals surface area contributed by atoms with Crippen LogP contribution in [0.3, 0.4) is 0 Å². The standard InChI is InChI=1S/C16H30N4/c1-5-15-14(11-19(4)18-15)16-13(10-17)8-6-7-9-20(16)12(2)3/h11-13,16H,5-10,17H2,1-4H3. The first-order valence-electron chi connectivity index (χ1n) is 8.06. The lowest BCUT2D eigenvalue weighted by Crippen LogP contribution is -2.40. The Hall–Kier alpha value is -0.870. The SMILES string of the molecule is CCc1nn(C)cc1C1C(CN)CCCCN1C(C)C. The Morgan fingerprint density at radius 2 is 2.15 bits per heavy atom. The third-order valence-electron chi connectivity index (χ3n) is 4.60. The minimum absolute atomic E-state index is 0.436. The summed E-state index contributed by atoms with van der Waals surface area (Å²) in [6.45, 7) is 8.74. The zero-order valence-corrected chi connectivity index (χ0v) is 13.5. The highest BCUT2D eigenvalue weighted by Crippen LogP contribution is 2.37. The van der Waals surface area contributed by atoms with Crippen molar-refractivity contribution in [2.24, 2.45) is 18.7 Å². The topological polar surface area (TPSA) is 47.1 Å². The normalized spacial score (nSPS) is 25.1. The predicted octanol–water partition coefficient (Wildman–Crippen LogP) is 2.49. The van der Waals surface area contributed by atoms with Crippen molar-refractivity contribution >= 4 is 0 Å². The summed E-state index contributed by atoms with van der Waals surface area (Å²) in [6.07, 6.45) is 7.03. The van der Waals surface area contributed by atoms with Crippen molar-refractivity contribution in [3.05, 3.63) is 17.5 Å². The Bertz CT molecular complexity index is 424. The van der Waals surface area contributed by atoms with E-state index < -0.39 is 0 Å². The van der Waals surface area contributed by atoms with Crippen molar-refractivity contribution in [1.82, 2.24) is 14.7 Å². The van der Waals surface area contributed by atoms with Gasteiger partial charge >= 0.3 is 0 Å². The maximum atomic E-state index is 6.11. The first kappa shape index (κ1) is 15.5. The fourth-order valence-electron chi connectivity index (χ4n) is 3.60. The maximum absolute atomic E-state index is 6.11. The molecule has 0 amide bonds. The molecule has 0 aliphatic carbocycles. The van der Waals surface area contributed by atoms with Crippen LogP contribution in [0.15, 0.2) is 6.20 Å². The summed E-state index contributed by atoms with van der Waals surface area (Å²) in [5.74, 6) is 0.550. The van der Waals surface area contributed by atoms with E-state index in [1.54, 1.807) is 0 Å². The molecule has 2 N–H and O–H groups in total. The van der Waals surface area contributed by atoms with E-state index in [-0.39, 0.29) is 0 Å². The Morgan fingerprint density at radius 3 is 2.75 bits per heavy atom. The Kier molecular flexibility index (Phi) is 5.22. The molecule has 1 fully saturated rings. The van der Waals surface area contributed by atoms with Gasteiger partial charge in [0.15, 0.2) is 0 Å². The van der Waals surface area contributed by atoms with Crippen LogP contribution < -0.4 is 5.73 Å². The largest absolute Gasteiger partial charge is 0.330 e. The van der Waals surface area contributed by atoms with Crippen LogP contribution in [-0.2, 0) is 13.5 Å². The van der Waals surface area contributed by atoms with Crippen molar-refractivity contribution in [1.29, 1.82) is 0 Å². The molecule has 2 unspecified atom stereocenters. The molecule has 0 radical (unpaired) electrons. The summed E-state index contributed by atoms with van der Waals surface area (Å²) in [4.78, 5) is 2.64.